The molecule has 2 aliphatic rings. The predicted octanol–water partition coefficient (Wildman–Crippen LogP) is 3.99. The number of carbonyl (C=O) groups excluding carboxylic acids is 1. The Kier molecular flexibility index (Phi) is 5.38. The fourth-order valence-electron chi connectivity index (χ4n) is 4.60. The molecule has 0 aromatic carbocycles. The van der Waals surface area contributed by atoms with Crippen molar-refractivity contribution in [3.63, 3.8) is 0 Å². The van der Waals surface area contributed by atoms with Crippen LogP contribution in [0.1, 0.15) is 56.4 Å². The van der Waals surface area contributed by atoms with Gasteiger partial charge in [-0.05, 0) is 76.3 Å². The van der Waals surface area contributed by atoms with Crippen LogP contribution in [0.2, 0.25) is 0 Å². The van der Waals surface area contributed by atoms with Gasteiger partial charge in [-0.2, -0.15) is 5.26 Å². The van der Waals surface area contributed by atoms with Crippen molar-refractivity contribution in [2.45, 2.75) is 69.7 Å². The number of amides is 1. The average molecular weight is 358 g/mol. The SMILES string of the molecule is Cc1cc(C)c(C#N)c(SC(C)C(=O)NC(C)C2CC3CCC2C3)n1. The van der Waals surface area contributed by atoms with E-state index in [0.29, 0.717) is 16.5 Å². The van der Waals surface area contributed by atoms with Gasteiger partial charge < -0.3 is 5.32 Å². The number of pyridine rings is 1. The number of thioether (sulfide) groups is 1. The molecule has 1 heterocycles. The second-order valence-corrected chi connectivity index (χ2v) is 9.10. The molecule has 2 bridgehead atoms. The van der Waals surface area contributed by atoms with Crippen molar-refractivity contribution in [3.05, 3.63) is 22.9 Å². The van der Waals surface area contributed by atoms with Crippen molar-refractivity contribution in [2.75, 3.05) is 0 Å². The third-order valence-electron chi connectivity index (χ3n) is 5.89. The van der Waals surface area contributed by atoms with Crippen LogP contribution in [0.4, 0.5) is 0 Å². The van der Waals surface area contributed by atoms with Gasteiger partial charge in [-0.1, -0.05) is 18.2 Å². The van der Waals surface area contributed by atoms with Gasteiger partial charge in [0.2, 0.25) is 5.91 Å². The number of aromatic nitrogens is 1. The Morgan fingerprint density at radius 2 is 2.12 bits per heavy atom. The van der Waals surface area contributed by atoms with Gasteiger partial charge in [-0.15, -0.1) is 0 Å². The van der Waals surface area contributed by atoms with E-state index >= 15 is 0 Å². The third-order valence-corrected chi connectivity index (χ3v) is 6.97. The van der Waals surface area contributed by atoms with Crippen molar-refractivity contribution in [3.8, 4) is 6.07 Å². The quantitative estimate of drug-likeness (QED) is 0.809. The predicted molar refractivity (Wildman–Crippen MR) is 100 cm³/mol. The van der Waals surface area contributed by atoms with Crippen molar-refractivity contribution in [1.82, 2.24) is 10.3 Å². The van der Waals surface area contributed by atoms with Gasteiger partial charge in [0.25, 0.3) is 0 Å². The molecule has 25 heavy (non-hydrogen) atoms. The maximum atomic E-state index is 12.6. The van der Waals surface area contributed by atoms with E-state index in [0.717, 1.165) is 23.1 Å². The molecule has 0 saturated heterocycles. The highest BCUT2D eigenvalue weighted by Gasteiger charge is 2.42. The molecule has 0 radical (unpaired) electrons. The Morgan fingerprint density at radius 1 is 1.36 bits per heavy atom. The van der Waals surface area contributed by atoms with Crippen molar-refractivity contribution in [2.24, 2.45) is 17.8 Å². The molecular weight excluding hydrogens is 330 g/mol. The van der Waals surface area contributed by atoms with E-state index in [9.17, 15) is 10.1 Å². The van der Waals surface area contributed by atoms with Crippen molar-refractivity contribution in [1.29, 1.82) is 5.26 Å². The number of aryl methyl sites for hydroxylation is 2. The lowest BCUT2D eigenvalue weighted by molar-refractivity contribution is -0.121. The Bertz CT molecular complexity index is 712. The first-order valence-electron chi connectivity index (χ1n) is 9.24. The summed E-state index contributed by atoms with van der Waals surface area (Å²) in [6.45, 7) is 7.88. The van der Waals surface area contributed by atoms with Crippen molar-refractivity contribution >= 4 is 17.7 Å². The van der Waals surface area contributed by atoms with Crippen LogP contribution in [0.25, 0.3) is 0 Å². The normalized spacial score (nSPS) is 26.9. The molecule has 5 heteroatoms. The molecule has 134 valence electrons. The lowest BCUT2D eigenvalue weighted by Crippen LogP contribution is -2.43. The van der Waals surface area contributed by atoms with Gasteiger partial charge in [-0.3, -0.25) is 4.79 Å². The zero-order valence-corrected chi connectivity index (χ0v) is 16.3. The van der Waals surface area contributed by atoms with Gasteiger partial charge in [-0.25, -0.2) is 4.98 Å². The Morgan fingerprint density at radius 3 is 2.72 bits per heavy atom. The fraction of sp³-hybridized carbons (Fsp3) is 0.650. The molecule has 1 N–H and O–H groups in total. The molecule has 2 saturated carbocycles. The van der Waals surface area contributed by atoms with E-state index < -0.39 is 0 Å². The monoisotopic (exact) mass is 357 g/mol. The van der Waals surface area contributed by atoms with Gasteiger partial charge in [0, 0.05) is 11.7 Å². The zero-order chi connectivity index (χ0) is 18.1. The van der Waals surface area contributed by atoms with E-state index in [1.54, 1.807) is 0 Å². The fourth-order valence-corrected chi connectivity index (χ4v) is 5.63. The molecule has 0 aliphatic heterocycles. The first-order chi connectivity index (χ1) is 11.9. The molecule has 1 aromatic rings. The van der Waals surface area contributed by atoms with Gasteiger partial charge >= 0.3 is 0 Å². The summed E-state index contributed by atoms with van der Waals surface area (Å²) in [5.74, 6) is 2.37. The number of rotatable bonds is 5. The molecule has 5 atom stereocenters. The second kappa shape index (κ2) is 7.37. The standard InChI is InChI=1S/C20H27N3OS/c1-11-7-12(2)22-20(18(11)10-21)25-14(4)19(24)23-13(3)17-9-15-5-6-16(17)8-15/h7,13-17H,5-6,8-9H2,1-4H3,(H,23,24). The van der Waals surface area contributed by atoms with E-state index in [1.807, 2.05) is 26.8 Å². The van der Waals surface area contributed by atoms with E-state index in [-0.39, 0.29) is 17.2 Å². The number of nitrogens with one attached hydrogen (secondary N) is 1. The number of nitrogens with zero attached hydrogens (tertiary/aromatic N) is 2. The van der Waals surface area contributed by atoms with E-state index in [4.69, 9.17) is 0 Å². The van der Waals surface area contributed by atoms with Crippen LogP contribution in [0.3, 0.4) is 0 Å². The minimum atomic E-state index is -0.262. The van der Waals surface area contributed by atoms with Gasteiger partial charge in [0.15, 0.2) is 0 Å². The molecule has 5 unspecified atom stereocenters. The lowest BCUT2D eigenvalue weighted by atomic mass is 9.84. The number of nitriles is 1. The van der Waals surface area contributed by atoms with Crippen LogP contribution in [-0.4, -0.2) is 22.2 Å². The molecule has 2 fully saturated rings. The molecule has 1 amide bonds. The number of fused-ring (bicyclic) bond motifs is 2. The number of carbonyl (C=O) groups is 1. The highest BCUT2D eigenvalue weighted by atomic mass is 32.2. The highest BCUT2D eigenvalue weighted by molar-refractivity contribution is 8.00. The Labute approximate surface area is 154 Å². The number of hydrogen-bond donors (Lipinski definition) is 1. The highest BCUT2D eigenvalue weighted by Crippen LogP contribution is 2.49. The van der Waals surface area contributed by atoms with Crippen LogP contribution in [0, 0.1) is 42.9 Å². The molecule has 4 nitrogen and oxygen atoms in total. The first-order valence-corrected chi connectivity index (χ1v) is 10.1. The molecule has 0 spiro atoms. The summed E-state index contributed by atoms with van der Waals surface area (Å²) >= 11 is 1.39. The van der Waals surface area contributed by atoms with Crippen LogP contribution in [-0.2, 0) is 4.79 Å². The van der Waals surface area contributed by atoms with E-state index in [1.165, 1.54) is 37.4 Å². The Balaban J connectivity index is 1.62. The van der Waals surface area contributed by atoms with E-state index in [2.05, 4.69) is 23.3 Å². The van der Waals surface area contributed by atoms with Crippen LogP contribution < -0.4 is 5.32 Å². The first kappa shape index (κ1) is 18.3. The summed E-state index contributed by atoms with van der Waals surface area (Å²) in [6, 6.07) is 4.36. The zero-order valence-electron chi connectivity index (χ0n) is 15.5. The maximum Gasteiger partial charge on any atom is 0.233 e. The molecular formula is C20H27N3OS. The molecule has 2 aliphatic carbocycles. The minimum absolute atomic E-state index is 0.0464. The topological polar surface area (TPSA) is 65.8 Å². The second-order valence-electron chi connectivity index (χ2n) is 7.77. The summed E-state index contributed by atoms with van der Waals surface area (Å²) in [6.07, 6.45) is 5.33. The summed E-state index contributed by atoms with van der Waals surface area (Å²) < 4.78 is 0. The van der Waals surface area contributed by atoms with Crippen LogP contribution in [0.5, 0.6) is 0 Å². The van der Waals surface area contributed by atoms with Gasteiger partial charge in [0.05, 0.1) is 10.8 Å². The maximum absolute atomic E-state index is 12.6. The number of hydrogen-bond acceptors (Lipinski definition) is 4. The Hall–Kier alpha value is -1.54. The average Bonchev–Trinajstić information content (AvgIpc) is 3.17. The summed E-state index contributed by atoms with van der Waals surface area (Å²) in [5.41, 5.74) is 2.37. The summed E-state index contributed by atoms with van der Waals surface area (Å²) in [5, 5.41) is 13.0. The van der Waals surface area contributed by atoms with Crippen molar-refractivity contribution < 1.29 is 4.79 Å². The summed E-state index contributed by atoms with van der Waals surface area (Å²) in [4.78, 5) is 17.1. The largest absolute Gasteiger partial charge is 0.352 e. The van der Waals surface area contributed by atoms with Gasteiger partial charge in [0.1, 0.15) is 11.1 Å². The minimum Gasteiger partial charge on any atom is -0.352 e. The lowest BCUT2D eigenvalue weighted by Gasteiger charge is -2.29. The smallest absolute Gasteiger partial charge is 0.233 e. The van der Waals surface area contributed by atoms with Crippen LogP contribution in [0.15, 0.2) is 11.1 Å². The molecule has 1 aromatic heterocycles. The molecule has 3 rings (SSSR count). The van der Waals surface area contributed by atoms with Crippen LogP contribution >= 0.6 is 11.8 Å². The summed E-state index contributed by atoms with van der Waals surface area (Å²) in [7, 11) is 0. The third kappa shape index (κ3) is 3.84.